The highest BCUT2D eigenvalue weighted by Crippen LogP contribution is 2.27. The molecule has 0 spiro atoms. The number of esters is 1. The number of amides is 1. The second kappa shape index (κ2) is 8.84. The molecular formula is C19H20FNO5. The van der Waals surface area contributed by atoms with Crippen molar-refractivity contribution in [3.8, 4) is 11.5 Å². The molecule has 1 N–H and O–H groups in total. The van der Waals surface area contributed by atoms with Crippen molar-refractivity contribution in [1.29, 1.82) is 0 Å². The SMILES string of the molecule is COc1ccc(CC(=O)OC(C)C(=O)Nc2ccccc2F)cc1OC. The second-order valence-corrected chi connectivity index (χ2v) is 5.47. The molecule has 0 aromatic heterocycles. The fourth-order valence-corrected chi connectivity index (χ4v) is 2.25. The van der Waals surface area contributed by atoms with Crippen LogP contribution in [0.25, 0.3) is 0 Å². The Morgan fingerprint density at radius 3 is 2.42 bits per heavy atom. The molecule has 1 unspecified atom stereocenters. The number of carbonyl (C=O) groups is 2. The summed E-state index contributed by atoms with van der Waals surface area (Å²) in [6.07, 6.45) is -1.11. The standard InChI is InChI=1S/C19H20FNO5/c1-12(19(23)21-15-7-5-4-6-14(15)20)26-18(22)11-13-8-9-16(24-2)17(10-13)25-3/h4-10,12H,11H2,1-3H3,(H,21,23). The lowest BCUT2D eigenvalue weighted by Gasteiger charge is -2.14. The van der Waals surface area contributed by atoms with Gasteiger partial charge in [-0.15, -0.1) is 0 Å². The van der Waals surface area contributed by atoms with E-state index in [1.165, 1.54) is 39.3 Å². The van der Waals surface area contributed by atoms with Crippen molar-refractivity contribution in [2.75, 3.05) is 19.5 Å². The summed E-state index contributed by atoms with van der Waals surface area (Å²) in [6.45, 7) is 1.42. The van der Waals surface area contributed by atoms with Crippen LogP contribution in [-0.4, -0.2) is 32.2 Å². The number of methoxy groups -OCH3 is 2. The summed E-state index contributed by atoms with van der Waals surface area (Å²) in [5.41, 5.74) is 0.676. The van der Waals surface area contributed by atoms with Crippen LogP contribution < -0.4 is 14.8 Å². The summed E-state index contributed by atoms with van der Waals surface area (Å²) in [5.74, 6) is -0.737. The van der Waals surface area contributed by atoms with E-state index < -0.39 is 23.8 Å². The van der Waals surface area contributed by atoms with Gasteiger partial charge in [-0.2, -0.15) is 0 Å². The molecule has 0 aliphatic heterocycles. The molecule has 0 saturated carbocycles. The molecule has 2 aromatic carbocycles. The van der Waals surface area contributed by atoms with Gasteiger partial charge in [0.25, 0.3) is 5.91 Å². The van der Waals surface area contributed by atoms with Crippen molar-refractivity contribution in [2.45, 2.75) is 19.4 Å². The van der Waals surface area contributed by atoms with Crippen molar-refractivity contribution < 1.29 is 28.2 Å². The van der Waals surface area contributed by atoms with Crippen LogP contribution in [0.2, 0.25) is 0 Å². The number of carbonyl (C=O) groups excluding carboxylic acids is 2. The van der Waals surface area contributed by atoms with Gasteiger partial charge in [0.2, 0.25) is 0 Å². The van der Waals surface area contributed by atoms with E-state index in [-0.39, 0.29) is 12.1 Å². The number of para-hydroxylation sites is 1. The minimum absolute atomic E-state index is 0.0280. The molecule has 1 atom stereocenters. The van der Waals surface area contributed by atoms with Crippen LogP contribution in [0.1, 0.15) is 12.5 Å². The van der Waals surface area contributed by atoms with Crippen molar-refractivity contribution >= 4 is 17.6 Å². The number of benzene rings is 2. The van der Waals surface area contributed by atoms with Gasteiger partial charge >= 0.3 is 5.97 Å². The second-order valence-electron chi connectivity index (χ2n) is 5.47. The molecule has 2 rings (SSSR count). The first kappa shape index (κ1) is 19.2. The number of hydrogen-bond acceptors (Lipinski definition) is 5. The van der Waals surface area contributed by atoms with E-state index >= 15 is 0 Å². The summed E-state index contributed by atoms with van der Waals surface area (Å²) in [7, 11) is 3.01. The van der Waals surface area contributed by atoms with Gasteiger partial charge in [-0.25, -0.2) is 4.39 Å². The van der Waals surface area contributed by atoms with Crippen LogP contribution >= 0.6 is 0 Å². The molecular weight excluding hydrogens is 341 g/mol. The van der Waals surface area contributed by atoms with E-state index in [1.54, 1.807) is 24.3 Å². The van der Waals surface area contributed by atoms with Crippen LogP contribution in [0.4, 0.5) is 10.1 Å². The van der Waals surface area contributed by atoms with Gasteiger partial charge in [0.05, 0.1) is 26.3 Å². The predicted octanol–water partition coefficient (Wildman–Crippen LogP) is 2.96. The zero-order valence-corrected chi connectivity index (χ0v) is 14.7. The molecule has 26 heavy (non-hydrogen) atoms. The van der Waals surface area contributed by atoms with E-state index in [4.69, 9.17) is 14.2 Å². The molecule has 0 heterocycles. The summed E-state index contributed by atoms with van der Waals surface area (Å²) < 4.78 is 29.0. The topological polar surface area (TPSA) is 73.9 Å². The number of ether oxygens (including phenoxy) is 3. The third kappa shape index (κ3) is 4.95. The quantitative estimate of drug-likeness (QED) is 0.768. The van der Waals surface area contributed by atoms with Crippen molar-refractivity contribution in [2.24, 2.45) is 0 Å². The smallest absolute Gasteiger partial charge is 0.311 e. The number of hydrogen-bond donors (Lipinski definition) is 1. The van der Waals surface area contributed by atoms with Crippen molar-refractivity contribution in [1.82, 2.24) is 0 Å². The molecule has 0 radical (unpaired) electrons. The normalized spacial score (nSPS) is 11.4. The van der Waals surface area contributed by atoms with Gasteiger partial charge in [-0.05, 0) is 36.8 Å². The Bertz CT molecular complexity index is 793. The van der Waals surface area contributed by atoms with Crippen LogP contribution in [0.5, 0.6) is 11.5 Å². The predicted molar refractivity (Wildman–Crippen MR) is 93.8 cm³/mol. The molecule has 0 aliphatic rings. The van der Waals surface area contributed by atoms with E-state index in [2.05, 4.69) is 5.32 Å². The maximum atomic E-state index is 13.6. The summed E-state index contributed by atoms with van der Waals surface area (Å²) in [6, 6.07) is 10.8. The average molecular weight is 361 g/mol. The van der Waals surface area contributed by atoms with E-state index in [0.717, 1.165) is 0 Å². The zero-order chi connectivity index (χ0) is 19.1. The third-order valence-electron chi connectivity index (χ3n) is 3.61. The van der Waals surface area contributed by atoms with E-state index in [9.17, 15) is 14.0 Å². The maximum Gasteiger partial charge on any atom is 0.311 e. The van der Waals surface area contributed by atoms with Gasteiger partial charge < -0.3 is 19.5 Å². The molecule has 6 nitrogen and oxygen atoms in total. The van der Waals surface area contributed by atoms with Gasteiger partial charge in [-0.3, -0.25) is 9.59 Å². The Morgan fingerprint density at radius 2 is 1.77 bits per heavy atom. The third-order valence-corrected chi connectivity index (χ3v) is 3.61. The molecule has 0 fully saturated rings. The van der Waals surface area contributed by atoms with Crippen LogP contribution in [0, 0.1) is 5.82 Å². The van der Waals surface area contributed by atoms with Crippen LogP contribution in [-0.2, 0) is 20.7 Å². The zero-order valence-electron chi connectivity index (χ0n) is 14.7. The Hall–Kier alpha value is -3.09. The molecule has 0 saturated heterocycles. The van der Waals surface area contributed by atoms with Gasteiger partial charge in [-0.1, -0.05) is 18.2 Å². The molecule has 1 amide bonds. The van der Waals surface area contributed by atoms with Crippen LogP contribution in [0.3, 0.4) is 0 Å². The minimum Gasteiger partial charge on any atom is -0.493 e. The highest BCUT2D eigenvalue weighted by atomic mass is 19.1. The Kier molecular flexibility index (Phi) is 6.54. The number of anilines is 1. The lowest BCUT2D eigenvalue weighted by atomic mass is 10.1. The summed E-state index contributed by atoms with van der Waals surface area (Å²) >= 11 is 0. The molecule has 138 valence electrons. The Labute approximate surface area is 150 Å². The van der Waals surface area contributed by atoms with Gasteiger partial charge in [0, 0.05) is 0 Å². The Balaban J connectivity index is 1.94. The lowest BCUT2D eigenvalue weighted by Crippen LogP contribution is -2.30. The van der Waals surface area contributed by atoms with E-state index in [1.807, 2.05) is 0 Å². The number of halogens is 1. The fraction of sp³-hybridized carbons (Fsp3) is 0.263. The molecule has 0 bridgehead atoms. The molecule has 0 aliphatic carbocycles. The number of rotatable bonds is 7. The Morgan fingerprint density at radius 1 is 1.08 bits per heavy atom. The van der Waals surface area contributed by atoms with Crippen molar-refractivity contribution in [3.63, 3.8) is 0 Å². The van der Waals surface area contributed by atoms with E-state index in [0.29, 0.717) is 17.1 Å². The lowest BCUT2D eigenvalue weighted by molar-refractivity contribution is -0.152. The van der Waals surface area contributed by atoms with Crippen LogP contribution in [0.15, 0.2) is 42.5 Å². The molecule has 7 heteroatoms. The summed E-state index contributed by atoms with van der Waals surface area (Å²) in [4.78, 5) is 24.1. The minimum atomic E-state index is -1.07. The van der Waals surface area contributed by atoms with Crippen molar-refractivity contribution in [3.05, 3.63) is 53.8 Å². The first-order chi connectivity index (χ1) is 12.4. The fourth-order valence-electron chi connectivity index (χ4n) is 2.25. The monoisotopic (exact) mass is 361 g/mol. The molecule has 2 aromatic rings. The summed E-state index contributed by atoms with van der Waals surface area (Å²) in [5, 5.41) is 2.38. The first-order valence-electron chi connectivity index (χ1n) is 7.90. The largest absolute Gasteiger partial charge is 0.493 e. The highest BCUT2D eigenvalue weighted by Gasteiger charge is 2.19. The highest BCUT2D eigenvalue weighted by molar-refractivity contribution is 5.95. The van der Waals surface area contributed by atoms with Gasteiger partial charge in [0.1, 0.15) is 5.82 Å². The first-order valence-corrected chi connectivity index (χ1v) is 7.90. The maximum absolute atomic E-state index is 13.6. The van der Waals surface area contributed by atoms with Gasteiger partial charge in [0.15, 0.2) is 17.6 Å². The average Bonchev–Trinajstić information content (AvgIpc) is 2.63. The number of nitrogens with one attached hydrogen (secondary N) is 1.